The molecule has 0 aliphatic rings. The van der Waals surface area contributed by atoms with Gasteiger partial charge in [-0.2, -0.15) is 29.9 Å². The van der Waals surface area contributed by atoms with Crippen LogP contribution in [0.5, 0.6) is 0 Å². The number of nitrogens with zero attached hydrogens (tertiary/aromatic N) is 6. The first kappa shape index (κ1) is 33.8. The molecule has 254 valence electrons. The molecule has 2 heterocycles. The summed E-state index contributed by atoms with van der Waals surface area (Å²) in [7, 11) is 0. The van der Waals surface area contributed by atoms with E-state index < -0.39 is 0 Å². The maximum Gasteiger partial charge on any atom is 0.233 e. The zero-order valence-corrected chi connectivity index (χ0v) is 28.0. The first-order valence-corrected chi connectivity index (χ1v) is 16.5. The average molecular weight is 675 g/mol. The molecule has 7 aromatic rings. The van der Waals surface area contributed by atoms with E-state index in [1.54, 1.807) is 0 Å². The van der Waals surface area contributed by atoms with Crippen LogP contribution in [-0.2, 0) is 6.54 Å². The highest BCUT2D eigenvalue weighted by Crippen LogP contribution is 2.20. The van der Waals surface area contributed by atoms with Crippen molar-refractivity contribution < 1.29 is 0 Å². The fourth-order valence-corrected chi connectivity index (χ4v) is 4.67. The Morgan fingerprint density at radius 2 is 0.608 bits per heavy atom. The van der Waals surface area contributed by atoms with Gasteiger partial charge in [-0.05, 0) is 61.0 Å². The molecule has 0 saturated carbocycles. The molecule has 7 rings (SSSR count). The lowest BCUT2D eigenvalue weighted by atomic mass is 10.2. The predicted molar refractivity (Wildman–Crippen MR) is 206 cm³/mol. The van der Waals surface area contributed by atoms with Crippen molar-refractivity contribution in [2.75, 3.05) is 38.4 Å². The molecule has 0 amide bonds. The van der Waals surface area contributed by atoms with Gasteiger partial charge < -0.3 is 31.9 Å². The third-order valence-corrected chi connectivity index (χ3v) is 7.02. The van der Waals surface area contributed by atoms with Crippen LogP contribution in [0.2, 0.25) is 0 Å². The van der Waals surface area contributed by atoms with E-state index in [0.717, 1.165) is 34.9 Å². The maximum atomic E-state index is 4.50. The third kappa shape index (κ3) is 11.0. The second-order valence-electron chi connectivity index (χ2n) is 10.9. The molecule has 0 unspecified atom stereocenters. The van der Waals surface area contributed by atoms with Crippen molar-refractivity contribution in [3.8, 4) is 0 Å². The molecular weight excluding hydrogens is 637 g/mol. The number of anilines is 10. The molecule has 0 fully saturated rings. The van der Waals surface area contributed by atoms with E-state index in [4.69, 9.17) is 0 Å². The van der Waals surface area contributed by atoms with Crippen LogP contribution in [0.1, 0.15) is 12.5 Å². The second-order valence-corrected chi connectivity index (χ2v) is 10.9. The van der Waals surface area contributed by atoms with Crippen LogP contribution in [0.3, 0.4) is 0 Å². The van der Waals surface area contributed by atoms with Crippen LogP contribution < -0.4 is 31.9 Å². The number of benzene rings is 5. The molecule has 0 spiro atoms. The Morgan fingerprint density at radius 3 is 0.922 bits per heavy atom. The first-order chi connectivity index (χ1) is 25.2. The molecule has 0 radical (unpaired) electrons. The van der Waals surface area contributed by atoms with Gasteiger partial charge in [0.1, 0.15) is 0 Å². The molecule has 12 heteroatoms. The fourth-order valence-electron chi connectivity index (χ4n) is 4.67. The smallest absolute Gasteiger partial charge is 0.233 e. The molecule has 12 nitrogen and oxygen atoms in total. The van der Waals surface area contributed by atoms with Gasteiger partial charge in [0.25, 0.3) is 0 Å². The Morgan fingerprint density at radius 1 is 0.333 bits per heavy atom. The van der Waals surface area contributed by atoms with Gasteiger partial charge in [0.15, 0.2) is 0 Å². The van der Waals surface area contributed by atoms with Crippen molar-refractivity contribution in [1.29, 1.82) is 0 Å². The average Bonchev–Trinajstić information content (AvgIpc) is 3.16. The Hall–Kier alpha value is -7.08. The lowest BCUT2D eigenvalue weighted by Crippen LogP contribution is -2.09. The van der Waals surface area contributed by atoms with E-state index in [2.05, 4.69) is 73.9 Å². The van der Waals surface area contributed by atoms with Crippen molar-refractivity contribution in [3.05, 3.63) is 157 Å². The van der Waals surface area contributed by atoms with Gasteiger partial charge in [0.05, 0.1) is 0 Å². The normalized spacial score (nSPS) is 10.2. The SMILES string of the molecule is CCNc1nc(Nc2ccccc2)nc(Nc2ccccc2)n1.c1ccc(CNc2nc(Nc3ccccc3)nc(Nc3ccccc3)n2)cc1. The molecule has 0 aliphatic carbocycles. The van der Waals surface area contributed by atoms with Crippen LogP contribution >= 0.6 is 0 Å². The molecule has 0 aliphatic heterocycles. The van der Waals surface area contributed by atoms with Gasteiger partial charge in [-0.1, -0.05) is 103 Å². The van der Waals surface area contributed by atoms with Gasteiger partial charge in [0.2, 0.25) is 35.7 Å². The summed E-state index contributed by atoms with van der Waals surface area (Å²) in [6, 6.07) is 49.3. The number of hydrogen-bond donors (Lipinski definition) is 6. The zero-order valence-electron chi connectivity index (χ0n) is 28.0. The monoisotopic (exact) mass is 674 g/mol. The van der Waals surface area contributed by atoms with Gasteiger partial charge in [-0.25, -0.2) is 0 Å². The van der Waals surface area contributed by atoms with Gasteiger partial charge in [-0.3, -0.25) is 0 Å². The zero-order chi connectivity index (χ0) is 34.9. The van der Waals surface area contributed by atoms with E-state index in [1.807, 2.05) is 146 Å². The maximum absolute atomic E-state index is 4.50. The molecule has 5 aromatic carbocycles. The van der Waals surface area contributed by atoms with E-state index in [-0.39, 0.29) is 0 Å². The summed E-state index contributed by atoms with van der Waals surface area (Å²) in [5.41, 5.74) is 4.82. The summed E-state index contributed by atoms with van der Waals surface area (Å²) in [5, 5.41) is 19.2. The Labute approximate surface area is 296 Å². The summed E-state index contributed by atoms with van der Waals surface area (Å²) in [6.45, 7) is 3.36. The van der Waals surface area contributed by atoms with E-state index in [0.29, 0.717) is 42.2 Å². The molecule has 51 heavy (non-hydrogen) atoms. The molecule has 6 N–H and O–H groups in total. The van der Waals surface area contributed by atoms with E-state index in [9.17, 15) is 0 Å². The number of nitrogens with one attached hydrogen (secondary N) is 6. The molecule has 0 bridgehead atoms. The summed E-state index contributed by atoms with van der Waals surface area (Å²) in [4.78, 5) is 26.7. The van der Waals surface area contributed by atoms with Crippen molar-refractivity contribution >= 4 is 58.4 Å². The molecule has 0 atom stereocenters. The molecule has 0 saturated heterocycles. The molecule has 2 aromatic heterocycles. The fraction of sp³-hybridized carbons (Fsp3) is 0.0769. The number of hydrogen-bond acceptors (Lipinski definition) is 12. The second kappa shape index (κ2) is 17.9. The largest absolute Gasteiger partial charge is 0.354 e. The van der Waals surface area contributed by atoms with E-state index >= 15 is 0 Å². The van der Waals surface area contributed by atoms with E-state index in [1.165, 1.54) is 0 Å². The minimum absolute atomic E-state index is 0.468. The quantitative estimate of drug-likeness (QED) is 0.0694. The van der Waals surface area contributed by atoms with Gasteiger partial charge in [0, 0.05) is 35.8 Å². The third-order valence-electron chi connectivity index (χ3n) is 7.02. The minimum atomic E-state index is 0.468. The summed E-state index contributed by atoms with van der Waals surface area (Å²) in [6.07, 6.45) is 0. The van der Waals surface area contributed by atoms with Crippen molar-refractivity contribution in [2.24, 2.45) is 0 Å². The van der Waals surface area contributed by atoms with Crippen LogP contribution in [0.25, 0.3) is 0 Å². The standard InChI is InChI=1S/C22H20N6.C17H18N6/c1-4-10-17(11-5-1)16-23-20-26-21(24-18-12-6-2-7-13-18)28-22(27-20)25-19-14-8-3-9-15-19;1-2-18-15-21-16(19-13-9-5-3-6-10-13)23-17(22-15)20-14-11-7-4-8-12-14/h1-15H,16H2,(H3,23,24,25,26,27,28);3-12H,2H2,1H3,(H3,18,19,20,21,22,23). The lowest BCUT2D eigenvalue weighted by Gasteiger charge is -2.11. The van der Waals surface area contributed by atoms with Crippen LogP contribution in [0.15, 0.2) is 152 Å². The van der Waals surface area contributed by atoms with Gasteiger partial charge >= 0.3 is 0 Å². The van der Waals surface area contributed by atoms with Gasteiger partial charge in [-0.15, -0.1) is 0 Å². The highest BCUT2D eigenvalue weighted by molar-refractivity contribution is 5.60. The number of aromatic nitrogens is 6. The number of rotatable bonds is 13. The molecular formula is C39H38N12. The van der Waals surface area contributed by atoms with Crippen molar-refractivity contribution in [2.45, 2.75) is 13.5 Å². The topological polar surface area (TPSA) is 150 Å². The lowest BCUT2D eigenvalue weighted by molar-refractivity contribution is 1.01. The first-order valence-electron chi connectivity index (χ1n) is 16.5. The highest BCUT2D eigenvalue weighted by Gasteiger charge is 2.09. The summed E-state index contributed by atoms with van der Waals surface area (Å²) in [5.74, 6) is 2.93. The minimum Gasteiger partial charge on any atom is -0.354 e. The van der Waals surface area contributed by atoms with Crippen molar-refractivity contribution in [1.82, 2.24) is 29.9 Å². The summed E-state index contributed by atoms with van der Waals surface area (Å²) < 4.78 is 0. The Kier molecular flexibility index (Phi) is 11.9. The Balaban J connectivity index is 0.000000179. The highest BCUT2D eigenvalue weighted by atomic mass is 15.3. The Bertz CT molecular complexity index is 1930. The summed E-state index contributed by atoms with van der Waals surface area (Å²) >= 11 is 0. The van der Waals surface area contributed by atoms with Crippen LogP contribution in [0, 0.1) is 0 Å². The predicted octanol–water partition coefficient (Wildman–Crippen LogP) is 8.76. The number of para-hydroxylation sites is 4. The van der Waals surface area contributed by atoms with Crippen molar-refractivity contribution in [3.63, 3.8) is 0 Å². The van der Waals surface area contributed by atoms with Crippen LogP contribution in [0.4, 0.5) is 58.4 Å². The van der Waals surface area contributed by atoms with Crippen LogP contribution in [-0.4, -0.2) is 36.4 Å².